The lowest BCUT2D eigenvalue weighted by Gasteiger charge is -2.27. The van der Waals surface area contributed by atoms with Crippen molar-refractivity contribution in [3.8, 4) is 34.5 Å². The summed E-state index contributed by atoms with van der Waals surface area (Å²) in [6, 6.07) is 48.3. The van der Waals surface area contributed by atoms with E-state index in [1.165, 1.54) is 11.1 Å². The van der Waals surface area contributed by atoms with E-state index in [4.69, 9.17) is 47.7 Å². The highest BCUT2D eigenvalue weighted by atomic mass is 16.6. The molecule has 0 radical (unpaired) electrons. The Morgan fingerprint density at radius 2 is 0.639 bits per heavy atom. The van der Waals surface area contributed by atoms with Crippen LogP contribution in [0, 0.1) is 0 Å². The maximum Gasteiger partial charge on any atom is 0.125 e. The van der Waals surface area contributed by atoms with E-state index in [0.29, 0.717) is 36.2 Å². The van der Waals surface area contributed by atoms with Crippen LogP contribution in [0.1, 0.15) is 74.9 Å². The first-order chi connectivity index (χ1) is 34.6. The third-order valence-corrected chi connectivity index (χ3v) is 13.6. The fourth-order valence-electron chi connectivity index (χ4n) is 8.27. The molecule has 4 atom stereocenters. The van der Waals surface area contributed by atoms with Crippen molar-refractivity contribution in [1.82, 2.24) is 0 Å². The van der Waals surface area contributed by atoms with Crippen LogP contribution in [-0.4, -0.2) is 112 Å². The predicted molar refractivity (Wildman–Crippen MR) is 276 cm³/mol. The van der Waals surface area contributed by atoms with Crippen molar-refractivity contribution in [2.75, 3.05) is 66.1 Å². The summed E-state index contributed by atoms with van der Waals surface area (Å²) < 4.78 is 52.8. The lowest BCUT2D eigenvalue weighted by Crippen LogP contribution is -2.33. The van der Waals surface area contributed by atoms with E-state index in [2.05, 4.69) is 90.1 Å². The van der Waals surface area contributed by atoms with E-state index in [1.54, 1.807) is 0 Å². The molecule has 382 valence electrons. The average molecular weight is 983 g/mol. The molecule has 0 aromatic heterocycles. The van der Waals surface area contributed by atoms with Gasteiger partial charge in [0.15, 0.2) is 0 Å². The zero-order chi connectivity index (χ0) is 50.7. The Hall–Kier alpha value is -6.12. The van der Waals surface area contributed by atoms with Crippen LogP contribution >= 0.6 is 0 Å². The summed E-state index contributed by atoms with van der Waals surface area (Å²) in [6.07, 6.45) is -1.96. The molecule has 6 aromatic carbocycles. The molecule has 12 heteroatoms. The largest absolute Gasteiger partial charge is 0.491 e. The zero-order valence-corrected chi connectivity index (χ0v) is 42.3. The molecule has 2 heterocycles. The number of hydrogen-bond acceptors (Lipinski definition) is 12. The molecule has 12 nitrogen and oxygen atoms in total. The fraction of sp³-hybridized carbons (Fsp3) is 0.400. The molecule has 2 saturated heterocycles. The first-order valence-corrected chi connectivity index (χ1v) is 24.9. The van der Waals surface area contributed by atoms with Gasteiger partial charge in [-0.3, -0.25) is 0 Å². The molecule has 8 rings (SSSR count). The fourth-order valence-corrected chi connectivity index (χ4v) is 8.27. The van der Waals surface area contributed by atoms with Crippen LogP contribution in [0.15, 0.2) is 146 Å². The summed E-state index contributed by atoms with van der Waals surface area (Å²) in [5.74, 6) is 4.28. The van der Waals surface area contributed by atoms with Gasteiger partial charge in [-0.2, -0.15) is 0 Å². The van der Waals surface area contributed by atoms with E-state index in [1.807, 2.05) is 97.1 Å². The normalized spacial score (nSPS) is 16.8. The molecular formula is C60H70O12. The van der Waals surface area contributed by atoms with Crippen LogP contribution in [0.25, 0.3) is 0 Å². The van der Waals surface area contributed by atoms with Gasteiger partial charge in [-0.05, 0) is 106 Å². The van der Waals surface area contributed by atoms with Gasteiger partial charge in [-0.15, -0.1) is 0 Å². The smallest absolute Gasteiger partial charge is 0.125 e. The molecule has 2 fully saturated rings. The lowest BCUT2D eigenvalue weighted by atomic mass is 9.78. The minimum absolute atomic E-state index is 0.00218. The SMILES string of the molecule is CC(C)(c1ccc(OCC(O)CO)cc1)c1ccc(OCC(O)COC(COc2ccc(C(C)(C)c3ccc(OCC4CO4)cc3)cc2)COc2ccc(C(C)(C)c3ccc(OCC4CO4)cc3)cc2)cc1. The molecular weight excluding hydrogens is 913 g/mol. The zero-order valence-electron chi connectivity index (χ0n) is 42.3. The Morgan fingerprint density at radius 3 is 0.903 bits per heavy atom. The first kappa shape index (κ1) is 52.2. The Kier molecular flexibility index (Phi) is 17.1. The molecule has 2 aliphatic rings. The van der Waals surface area contributed by atoms with Crippen LogP contribution in [-0.2, 0) is 30.5 Å². The maximum atomic E-state index is 11.1. The van der Waals surface area contributed by atoms with Crippen molar-refractivity contribution in [2.45, 2.75) is 88.3 Å². The van der Waals surface area contributed by atoms with E-state index < -0.39 is 18.3 Å². The van der Waals surface area contributed by atoms with Crippen LogP contribution in [0.5, 0.6) is 34.5 Å². The van der Waals surface area contributed by atoms with Crippen molar-refractivity contribution in [2.24, 2.45) is 0 Å². The third-order valence-electron chi connectivity index (χ3n) is 13.6. The van der Waals surface area contributed by atoms with Crippen LogP contribution < -0.4 is 28.4 Å². The first-order valence-electron chi connectivity index (χ1n) is 24.9. The molecule has 4 unspecified atom stereocenters. The van der Waals surface area contributed by atoms with E-state index in [-0.39, 0.29) is 68.1 Å². The van der Waals surface area contributed by atoms with Gasteiger partial charge in [-0.1, -0.05) is 114 Å². The highest BCUT2D eigenvalue weighted by Crippen LogP contribution is 2.36. The molecule has 0 saturated carbocycles. The highest BCUT2D eigenvalue weighted by Gasteiger charge is 2.28. The summed E-state index contributed by atoms with van der Waals surface area (Å²) in [5, 5.41) is 29.8. The van der Waals surface area contributed by atoms with Crippen molar-refractivity contribution in [3.05, 3.63) is 179 Å². The van der Waals surface area contributed by atoms with Gasteiger partial charge in [-0.25, -0.2) is 0 Å². The molecule has 0 aliphatic carbocycles. The minimum atomic E-state index is -0.927. The number of ether oxygens (including phenoxy) is 9. The average Bonchev–Trinajstić information content (AvgIpc) is 4.36. The second-order valence-corrected chi connectivity index (χ2v) is 20.2. The van der Waals surface area contributed by atoms with E-state index in [9.17, 15) is 10.2 Å². The molecule has 2 aliphatic heterocycles. The van der Waals surface area contributed by atoms with Crippen LogP contribution in [0.2, 0.25) is 0 Å². The van der Waals surface area contributed by atoms with Crippen molar-refractivity contribution < 1.29 is 58.0 Å². The van der Waals surface area contributed by atoms with Gasteiger partial charge in [0, 0.05) is 16.2 Å². The molecule has 6 aromatic rings. The molecule has 0 amide bonds. The Balaban J connectivity index is 0.868. The molecule has 3 N–H and O–H groups in total. The van der Waals surface area contributed by atoms with Crippen molar-refractivity contribution in [3.63, 3.8) is 0 Å². The number of rotatable bonds is 28. The predicted octanol–water partition coefficient (Wildman–Crippen LogP) is 9.23. The number of epoxide rings is 2. The Morgan fingerprint density at radius 1 is 0.389 bits per heavy atom. The molecule has 0 bridgehead atoms. The van der Waals surface area contributed by atoms with E-state index >= 15 is 0 Å². The van der Waals surface area contributed by atoms with E-state index in [0.717, 1.165) is 47.0 Å². The second kappa shape index (κ2) is 23.6. The van der Waals surface area contributed by atoms with Gasteiger partial charge >= 0.3 is 0 Å². The summed E-state index contributed by atoms with van der Waals surface area (Å²) >= 11 is 0. The number of aliphatic hydroxyl groups excluding tert-OH is 3. The number of aliphatic hydroxyl groups is 3. The molecule has 0 spiro atoms. The number of benzene rings is 6. The monoisotopic (exact) mass is 982 g/mol. The van der Waals surface area contributed by atoms with Gasteiger partial charge in [0.25, 0.3) is 0 Å². The van der Waals surface area contributed by atoms with Gasteiger partial charge in [0.1, 0.15) is 105 Å². The quantitative estimate of drug-likeness (QED) is 0.0403. The Bertz CT molecular complexity index is 2450. The Labute approximate surface area is 424 Å². The summed E-state index contributed by atoms with van der Waals surface area (Å²) in [6.45, 7) is 15.8. The number of hydrogen-bond donors (Lipinski definition) is 3. The third kappa shape index (κ3) is 14.3. The van der Waals surface area contributed by atoms with Crippen LogP contribution in [0.4, 0.5) is 0 Å². The summed E-state index contributed by atoms with van der Waals surface area (Å²) in [7, 11) is 0. The standard InChI is InChI=1S/C60H70O12/c1-58(2,41-7-19-49(20-8-41)64-32-47(62)31-61)42-9-21-50(22-10-42)65-33-48(63)34-66-55(35-67-51-23-11-43(12-24-51)59(3,4)45-15-27-53(28-16-45)69-37-56-39-71-56)36-68-52-25-13-44(14-26-52)60(5,6)46-17-29-54(30-18-46)70-38-57-40-72-57/h7-30,47-48,55-57,61-63H,31-40H2,1-6H3. The molecule has 72 heavy (non-hydrogen) atoms. The van der Waals surface area contributed by atoms with Gasteiger partial charge < -0.3 is 58.0 Å². The maximum absolute atomic E-state index is 11.1. The second-order valence-electron chi connectivity index (χ2n) is 20.2. The summed E-state index contributed by atoms with van der Waals surface area (Å²) in [5.41, 5.74) is 5.92. The highest BCUT2D eigenvalue weighted by molar-refractivity contribution is 5.45. The van der Waals surface area contributed by atoms with Crippen molar-refractivity contribution >= 4 is 0 Å². The summed E-state index contributed by atoms with van der Waals surface area (Å²) in [4.78, 5) is 0. The topological polar surface area (TPSA) is 150 Å². The lowest BCUT2D eigenvalue weighted by molar-refractivity contribution is -0.0538. The van der Waals surface area contributed by atoms with Crippen molar-refractivity contribution in [1.29, 1.82) is 0 Å². The minimum Gasteiger partial charge on any atom is -0.491 e. The van der Waals surface area contributed by atoms with Gasteiger partial charge in [0.2, 0.25) is 0 Å². The van der Waals surface area contributed by atoms with Crippen LogP contribution in [0.3, 0.4) is 0 Å². The van der Waals surface area contributed by atoms with Gasteiger partial charge in [0.05, 0.1) is 26.4 Å².